The minimum absolute atomic E-state index is 0.187. The average Bonchev–Trinajstić information content (AvgIpc) is 2.71. The Balaban J connectivity index is 1.99. The van der Waals surface area contributed by atoms with E-state index in [1.54, 1.807) is 11.3 Å². The molecule has 2 N–H and O–H groups in total. The van der Waals surface area contributed by atoms with Crippen LogP contribution in [0.4, 0.5) is 0 Å². The van der Waals surface area contributed by atoms with Gasteiger partial charge in [-0.1, -0.05) is 19.3 Å². The van der Waals surface area contributed by atoms with Crippen molar-refractivity contribution in [1.82, 2.24) is 4.98 Å². The summed E-state index contributed by atoms with van der Waals surface area (Å²) < 4.78 is 0. The first-order chi connectivity index (χ1) is 6.38. The van der Waals surface area contributed by atoms with Gasteiger partial charge in [0, 0.05) is 5.38 Å². The fourth-order valence-electron chi connectivity index (χ4n) is 2.12. The Kier molecular flexibility index (Phi) is 2.96. The maximum Gasteiger partial charge on any atom is 0.0795 e. The molecule has 0 aromatic carbocycles. The monoisotopic (exact) mass is 196 g/mol. The van der Waals surface area contributed by atoms with Gasteiger partial charge in [-0.25, -0.2) is 4.98 Å². The van der Waals surface area contributed by atoms with E-state index in [0.29, 0.717) is 5.92 Å². The SMILES string of the molecule is NC(c1cscn1)C1CCCCC1. The van der Waals surface area contributed by atoms with Crippen LogP contribution < -0.4 is 5.73 Å². The molecule has 0 bridgehead atoms. The van der Waals surface area contributed by atoms with Gasteiger partial charge in [-0.05, 0) is 18.8 Å². The number of aromatic nitrogens is 1. The van der Waals surface area contributed by atoms with Crippen molar-refractivity contribution in [3.63, 3.8) is 0 Å². The van der Waals surface area contributed by atoms with Crippen LogP contribution >= 0.6 is 11.3 Å². The van der Waals surface area contributed by atoms with Crippen LogP contribution in [0.15, 0.2) is 10.9 Å². The molecule has 0 amide bonds. The summed E-state index contributed by atoms with van der Waals surface area (Å²) in [5, 5.41) is 2.08. The van der Waals surface area contributed by atoms with Crippen LogP contribution in [0.5, 0.6) is 0 Å². The lowest BCUT2D eigenvalue weighted by atomic mass is 9.83. The summed E-state index contributed by atoms with van der Waals surface area (Å²) in [6, 6.07) is 0.187. The zero-order valence-corrected chi connectivity index (χ0v) is 8.59. The Bertz CT molecular complexity index is 239. The molecule has 0 aliphatic heterocycles. The van der Waals surface area contributed by atoms with Crippen LogP contribution in [0, 0.1) is 5.92 Å². The van der Waals surface area contributed by atoms with Crippen molar-refractivity contribution in [3.05, 3.63) is 16.6 Å². The van der Waals surface area contributed by atoms with Crippen molar-refractivity contribution < 1.29 is 0 Å². The van der Waals surface area contributed by atoms with E-state index >= 15 is 0 Å². The van der Waals surface area contributed by atoms with E-state index in [1.165, 1.54) is 32.1 Å². The Morgan fingerprint density at radius 1 is 1.38 bits per heavy atom. The molecule has 0 radical (unpaired) electrons. The molecule has 1 aliphatic carbocycles. The van der Waals surface area contributed by atoms with Gasteiger partial charge in [-0.3, -0.25) is 0 Å². The second kappa shape index (κ2) is 4.20. The minimum atomic E-state index is 0.187. The standard InChI is InChI=1S/C10H16N2S/c11-10(9-6-13-7-12-9)8-4-2-1-3-5-8/h6-8,10H,1-5,11H2. The lowest BCUT2D eigenvalue weighted by Gasteiger charge is -2.26. The molecule has 13 heavy (non-hydrogen) atoms. The highest BCUT2D eigenvalue weighted by atomic mass is 32.1. The summed E-state index contributed by atoms with van der Waals surface area (Å²) in [5.41, 5.74) is 9.13. The molecule has 2 nitrogen and oxygen atoms in total. The molecule has 2 rings (SSSR count). The van der Waals surface area contributed by atoms with Gasteiger partial charge in [0.25, 0.3) is 0 Å². The maximum atomic E-state index is 6.16. The van der Waals surface area contributed by atoms with Crippen molar-refractivity contribution in [2.45, 2.75) is 38.1 Å². The van der Waals surface area contributed by atoms with Gasteiger partial charge in [-0.15, -0.1) is 11.3 Å². The largest absolute Gasteiger partial charge is 0.322 e. The lowest BCUT2D eigenvalue weighted by molar-refractivity contribution is 0.305. The molecule has 1 unspecified atom stereocenters. The Morgan fingerprint density at radius 2 is 2.15 bits per heavy atom. The lowest BCUT2D eigenvalue weighted by Crippen LogP contribution is -2.23. The summed E-state index contributed by atoms with van der Waals surface area (Å²) in [6.45, 7) is 0. The number of rotatable bonds is 2. The second-order valence-electron chi connectivity index (χ2n) is 3.84. The van der Waals surface area contributed by atoms with E-state index in [4.69, 9.17) is 5.73 Å². The van der Waals surface area contributed by atoms with Gasteiger partial charge in [-0.2, -0.15) is 0 Å². The van der Waals surface area contributed by atoms with Crippen molar-refractivity contribution >= 4 is 11.3 Å². The molecule has 1 atom stereocenters. The van der Waals surface area contributed by atoms with E-state index in [1.807, 2.05) is 5.51 Å². The fourth-order valence-corrected chi connectivity index (χ4v) is 2.72. The van der Waals surface area contributed by atoms with Gasteiger partial charge in [0.2, 0.25) is 0 Å². The summed E-state index contributed by atoms with van der Waals surface area (Å²) in [7, 11) is 0. The summed E-state index contributed by atoms with van der Waals surface area (Å²) in [4.78, 5) is 4.28. The smallest absolute Gasteiger partial charge is 0.0795 e. The van der Waals surface area contributed by atoms with Crippen molar-refractivity contribution in [3.8, 4) is 0 Å². The topological polar surface area (TPSA) is 38.9 Å². The molecule has 3 heteroatoms. The van der Waals surface area contributed by atoms with Crippen molar-refractivity contribution in [2.24, 2.45) is 11.7 Å². The maximum absolute atomic E-state index is 6.16. The molecular weight excluding hydrogens is 180 g/mol. The van der Waals surface area contributed by atoms with Crippen LogP contribution in [0.25, 0.3) is 0 Å². The van der Waals surface area contributed by atoms with Crippen molar-refractivity contribution in [1.29, 1.82) is 0 Å². The summed E-state index contributed by atoms with van der Waals surface area (Å²) in [5.74, 6) is 0.677. The van der Waals surface area contributed by atoms with E-state index < -0.39 is 0 Å². The molecule has 1 aromatic heterocycles. The van der Waals surface area contributed by atoms with E-state index in [2.05, 4.69) is 10.4 Å². The minimum Gasteiger partial charge on any atom is -0.322 e. The third kappa shape index (κ3) is 2.09. The third-order valence-corrected chi connectivity index (χ3v) is 3.56. The molecule has 1 aliphatic rings. The van der Waals surface area contributed by atoms with E-state index in [0.717, 1.165) is 5.69 Å². The Hall–Kier alpha value is -0.410. The number of thiazole rings is 1. The van der Waals surface area contributed by atoms with Crippen LogP contribution in [0.3, 0.4) is 0 Å². The van der Waals surface area contributed by atoms with Gasteiger partial charge < -0.3 is 5.73 Å². The van der Waals surface area contributed by atoms with Crippen molar-refractivity contribution in [2.75, 3.05) is 0 Å². The summed E-state index contributed by atoms with van der Waals surface area (Å²) in [6.07, 6.45) is 6.67. The summed E-state index contributed by atoms with van der Waals surface area (Å²) >= 11 is 1.64. The number of nitrogens with zero attached hydrogens (tertiary/aromatic N) is 1. The molecule has 1 fully saturated rings. The van der Waals surface area contributed by atoms with Gasteiger partial charge in [0.15, 0.2) is 0 Å². The Labute approximate surface area is 83.2 Å². The zero-order valence-electron chi connectivity index (χ0n) is 7.78. The molecule has 1 heterocycles. The third-order valence-electron chi connectivity index (χ3n) is 2.95. The van der Waals surface area contributed by atoms with Crippen LogP contribution in [-0.2, 0) is 0 Å². The van der Waals surface area contributed by atoms with E-state index in [9.17, 15) is 0 Å². The molecule has 0 saturated heterocycles. The first kappa shape index (κ1) is 9.16. The first-order valence-corrected chi connectivity index (χ1v) is 5.96. The predicted molar refractivity (Wildman–Crippen MR) is 55.6 cm³/mol. The van der Waals surface area contributed by atoms with Gasteiger partial charge in [0.05, 0.1) is 17.2 Å². The normalized spacial score (nSPS) is 21.6. The highest BCUT2D eigenvalue weighted by Crippen LogP contribution is 2.32. The second-order valence-corrected chi connectivity index (χ2v) is 4.56. The molecule has 72 valence electrons. The number of hydrogen-bond acceptors (Lipinski definition) is 3. The van der Waals surface area contributed by atoms with Crippen LogP contribution in [-0.4, -0.2) is 4.98 Å². The first-order valence-electron chi connectivity index (χ1n) is 5.01. The predicted octanol–water partition coefficient (Wildman–Crippen LogP) is 2.72. The average molecular weight is 196 g/mol. The highest BCUT2D eigenvalue weighted by Gasteiger charge is 2.22. The van der Waals surface area contributed by atoms with Gasteiger partial charge in [0.1, 0.15) is 0 Å². The number of nitrogens with two attached hydrogens (primary N) is 1. The Morgan fingerprint density at radius 3 is 2.77 bits per heavy atom. The zero-order chi connectivity index (χ0) is 9.10. The molecular formula is C10H16N2S. The highest BCUT2D eigenvalue weighted by molar-refractivity contribution is 7.07. The molecule has 1 saturated carbocycles. The molecule has 0 spiro atoms. The van der Waals surface area contributed by atoms with E-state index in [-0.39, 0.29) is 6.04 Å². The van der Waals surface area contributed by atoms with Gasteiger partial charge >= 0.3 is 0 Å². The fraction of sp³-hybridized carbons (Fsp3) is 0.700. The van der Waals surface area contributed by atoms with Crippen LogP contribution in [0.2, 0.25) is 0 Å². The molecule has 1 aromatic rings. The van der Waals surface area contributed by atoms with Crippen LogP contribution in [0.1, 0.15) is 43.8 Å². The quantitative estimate of drug-likeness (QED) is 0.790. The number of hydrogen-bond donors (Lipinski definition) is 1.